The predicted molar refractivity (Wildman–Crippen MR) is 80.5 cm³/mol. The second-order valence-corrected chi connectivity index (χ2v) is 7.07. The molecule has 120 valence electrons. The SMILES string of the molecule is CCCC[C@H]1CC(=C2OCC(C)(C)CO2)C[C@H]1C(=O)OC. The van der Waals surface area contributed by atoms with Crippen LogP contribution in [-0.2, 0) is 19.0 Å². The molecule has 2 rings (SSSR count). The highest BCUT2D eigenvalue weighted by molar-refractivity contribution is 5.73. The number of hydrogen-bond acceptors (Lipinski definition) is 4. The van der Waals surface area contributed by atoms with Crippen LogP contribution in [0.15, 0.2) is 11.5 Å². The van der Waals surface area contributed by atoms with E-state index in [1.807, 2.05) is 0 Å². The van der Waals surface area contributed by atoms with Gasteiger partial charge in [-0.3, -0.25) is 4.79 Å². The lowest BCUT2D eigenvalue weighted by Gasteiger charge is -2.32. The van der Waals surface area contributed by atoms with E-state index in [1.54, 1.807) is 0 Å². The second kappa shape index (κ2) is 6.71. The molecule has 0 unspecified atom stereocenters. The van der Waals surface area contributed by atoms with Crippen molar-refractivity contribution in [3.05, 3.63) is 11.5 Å². The molecule has 0 aromatic heterocycles. The van der Waals surface area contributed by atoms with Gasteiger partial charge in [0, 0.05) is 11.0 Å². The molecule has 0 N–H and O–H groups in total. The normalized spacial score (nSPS) is 28.0. The van der Waals surface area contributed by atoms with E-state index in [1.165, 1.54) is 7.11 Å². The van der Waals surface area contributed by atoms with Crippen LogP contribution in [0.5, 0.6) is 0 Å². The quantitative estimate of drug-likeness (QED) is 0.743. The summed E-state index contributed by atoms with van der Waals surface area (Å²) in [6.07, 6.45) is 4.98. The highest BCUT2D eigenvalue weighted by Gasteiger charge is 2.39. The van der Waals surface area contributed by atoms with Crippen molar-refractivity contribution in [3.63, 3.8) is 0 Å². The van der Waals surface area contributed by atoms with Crippen molar-refractivity contribution in [2.24, 2.45) is 17.3 Å². The summed E-state index contributed by atoms with van der Waals surface area (Å²) in [7, 11) is 1.47. The Bertz CT molecular complexity index is 399. The monoisotopic (exact) mass is 296 g/mol. The Balaban J connectivity index is 2.07. The van der Waals surface area contributed by atoms with Gasteiger partial charge in [-0.1, -0.05) is 33.6 Å². The van der Waals surface area contributed by atoms with E-state index in [2.05, 4.69) is 20.8 Å². The fourth-order valence-electron chi connectivity index (χ4n) is 3.15. The van der Waals surface area contributed by atoms with Crippen LogP contribution >= 0.6 is 0 Å². The topological polar surface area (TPSA) is 44.8 Å². The van der Waals surface area contributed by atoms with E-state index in [0.717, 1.165) is 37.7 Å². The van der Waals surface area contributed by atoms with Gasteiger partial charge in [-0.15, -0.1) is 0 Å². The molecule has 4 nitrogen and oxygen atoms in total. The fourth-order valence-corrected chi connectivity index (χ4v) is 3.15. The third-order valence-corrected chi connectivity index (χ3v) is 4.45. The number of carbonyl (C=O) groups is 1. The molecule has 2 fully saturated rings. The largest absolute Gasteiger partial charge is 0.469 e. The Morgan fingerprint density at radius 2 is 1.95 bits per heavy atom. The first-order valence-electron chi connectivity index (χ1n) is 8.02. The van der Waals surface area contributed by atoms with Gasteiger partial charge in [0.15, 0.2) is 0 Å². The minimum absolute atomic E-state index is 0.0359. The van der Waals surface area contributed by atoms with Gasteiger partial charge in [-0.05, 0) is 25.2 Å². The van der Waals surface area contributed by atoms with E-state index < -0.39 is 0 Å². The van der Waals surface area contributed by atoms with E-state index in [9.17, 15) is 4.79 Å². The van der Waals surface area contributed by atoms with Gasteiger partial charge in [0.25, 0.3) is 5.95 Å². The summed E-state index contributed by atoms with van der Waals surface area (Å²) in [6.45, 7) is 7.79. The van der Waals surface area contributed by atoms with Crippen LogP contribution in [0.3, 0.4) is 0 Å². The fraction of sp³-hybridized carbons (Fsp3) is 0.824. The van der Waals surface area contributed by atoms with Crippen molar-refractivity contribution in [1.29, 1.82) is 0 Å². The van der Waals surface area contributed by atoms with Crippen LogP contribution < -0.4 is 0 Å². The average Bonchev–Trinajstić information content (AvgIpc) is 2.88. The number of esters is 1. The molecule has 0 aromatic carbocycles. The summed E-state index contributed by atoms with van der Waals surface area (Å²) in [5, 5.41) is 0. The van der Waals surface area contributed by atoms with Crippen LogP contribution in [0, 0.1) is 17.3 Å². The number of ether oxygens (including phenoxy) is 3. The molecule has 1 aliphatic carbocycles. The molecule has 2 atom stereocenters. The lowest BCUT2D eigenvalue weighted by Crippen LogP contribution is -2.31. The Morgan fingerprint density at radius 1 is 1.29 bits per heavy atom. The lowest BCUT2D eigenvalue weighted by molar-refractivity contribution is -0.146. The number of unbranched alkanes of at least 4 members (excludes halogenated alkanes) is 1. The van der Waals surface area contributed by atoms with E-state index in [4.69, 9.17) is 14.2 Å². The zero-order chi connectivity index (χ0) is 15.5. The molecule has 1 saturated heterocycles. The smallest absolute Gasteiger partial charge is 0.309 e. The molecule has 1 saturated carbocycles. The van der Waals surface area contributed by atoms with Gasteiger partial charge in [-0.25, -0.2) is 0 Å². The summed E-state index contributed by atoms with van der Waals surface area (Å²) >= 11 is 0. The maximum Gasteiger partial charge on any atom is 0.309 e. The molecular weight excluding hydrogens is 268 g/mol. The predicted octanol–water partition coefficient (Wildman–Crippen LogP) is 3.66. The molecule has 0 bridgehead atoms. The number of carbonyl (C=O) groups excluding carboxylic acids is 1. The lowest BCUT2D eigenvalue weighted by atomic mass is 9.91. The molecule has 21 heavy (non-hydrogen) atoms. The van der Waals surface area contributed by atoms with Gasteiger partial charge >= 0.3 is 5.97 Å². The molecule has 0 radical (unpaired) electrons. The van der Waals surface area contributed by atoms with Gasteiger partial charge in [0.2, 0.25) is 0 Å². The molecule has 1 heterocycles. The molecule has 0 spiro atoms. The van der Waals surface area contributed by atoms with E-state index >= 15 is 0 Å². The van der Waals surface area contributed by atoms with E-state index in [0.29, 0.717) is 25.1 Å². The van der Waals surface area contributed by atoms with Crippen molar-refractivity contribution in [2.75, 3.05) is 20.3 Å². The molecule has 1 aliphatic heterocycles. The first-order chi connectivity index (χ1) is 9.96. The number of allylic oxidation sites excluding steroid dienone is 1. The number of rotatable bonds is 4. The van der Waals surface area contributed by atoms with Crippen LogP contribution in [-0.4, -0.2) is 26.3 Å². The highest BCUT2D eigenvalue weighted by atomic mass is 16.7. The summed E-state index contributed by atoms with van der Waals surface area (Å²) < 4.78 is 16.6. The van der Waals surface area contributed by atoms with Crippen LogP contribution in [0.2, 0.25) is 0 Å². The molecular formula is C17H28O4. The standard InChI is InChI=1S/C17H28O4/c1-5-6-7-12-8-13(9-14(12)15(18)19-4)16-20-10-17(2,3)11-21-16/h12,14H,5-11H2,1-4H3/t12-,14+/m0/s1. The second-order valence-electron chi connectivity index (χ2n) is 7.07. The average molecular weight is 296 g/mol. The van der Waals surface area contributed by atoms with Crippen molar-refractivity contribution in [3.8, 4) is 0 Å². The van der Waals surface area contributed by atoms with Crippen molar-refractivity contribution < 1.29 is 19.0 Å². The minimum atomic E-state index is -0.0946. The summed E-state index contributed by atoms with van der Waals surface area (Å²) in [5.74, 6) is 0.901. The molecule has 2 aliphatic rings. The minimum Gasteiger partial charge on any atom is -0.469 e. The van der Waals surface area contributed by atoms with Crippen molar-refractivity contribution in [2.45, 2.75) is 52.9 Å². The van der Waals surface area contributed by atoms with Crippen LogP contribution in [0.4, 0.5) is 0 Å². The Labute approximate surface area is 127 Å². The van der Waals surface area contributed by atoms with Crippen LogP contribution in [0.25, 0.3) is 0 Å². The highest BCUT2D eigenvalue weighted by Crippen LogP contribution is 2.42. The third-order valence-electron chi connectivity index (χ3n) is 4.45. The molecule has 4 heteroatoms. The molecule has 0 aromatic rings. The summed E-state index contributed by atoms with van der Waals surface area (Å²) in [5.41, 5.74) is 1.22. The Morgan fingerprint density at radius 3 is 2.52 bits per heavy atom. The van der Waals surface area contributed by atoms with Gasteiger partial charge in [0.05, 0.1) is 26.2 Å². The Hall–Kier alpha value is -1.19. The van der Waals surface area contributed by atoms with Crippen molar-refractivity contribution in [1.82, 2.24) is 0 Å². The third kappa shape index (κ3) is 3.92. The summed E-state index contributed by atoms with van der Waals surface area (Å²) in [4.78, 5) is 12.0. The zero-order valence-electron chi connectivity index (χ0n) is 13.7. The zero-order valence-corrected chi connectivity index (χ0v) is 13.7. The van der Waals surface area contributed by atoms with Crippen molar-refractivity contribution >= 4 is 5.97 Å². The number of methoxy groups -OCH3 is 1. The van der Waals surface area contributed by atoms with E-state index in [-0.39, 0.29) is 17.3 Å². The van der Waals surface area contributed by atoms with Gasteiger partial charge in [0.1, 0.15) is 0 Å². The van der Waals surface area contributed by atoms with Gasteiger partial charge in [-0.2, -0.15) is 0 Å². The van der Waals surface area contributed by atoms with Crippen LogP contribution in [0.1, 0.15) is 52.9 Å². The Kier molecular flexibility index (Phi) is 5.17. The van der Waals surface area contributed by atoms with Gasteiger partial charge < -0.3 is 14.2 Å². The number of hydrogen-bond donors (Lipinski definition) is 0. The maximum atomic E-state index is 12.0. The first kappa shape index (κ1) is 16.2. The maximum absolute atomic E-state index is 12.0. The first-order valence-corrected chi connectivity index (χ1v) is 8.02. The molecule has 0 amide bonds. The summed E-state index contributed by atoms with van der Waals surface area (Å²) in [6, 6.07) is 0.